The van der Waals surface area contributed by atoms with Crippen LogP contribution in [0.3, 0.4) is 0 Å². The molecule has 194 valence electrons. The fourth-order valence-corrected chi connectivity index (χ4v) is 3.55. The van der Waals surface area contributed by atoms with Gasteiger partial charge in [-0.1, -0.05) is 13.8 Å². The first-order chi connectivity index (χ1) is 17.5. The topological polar surface area (TPSA) is 109 Å². The van der Waals surface area contributed by atoms with Crippen molar-refractivity contribution >= 4 is 5.69 Å². The molecule has 1 aromatic heterocycles. The number of rotatable bonds is 14. The standard InChI is InChI=1S/C26H34N4O6/c1-4-32-11-12-34-26-28-25(19-5-10-23-24(13-19)36-17-35-23)30(29-26)21-8-6-20(7-9-21)27-14-22(31)16-33-15-18(2)3/h5-10,13,18,22,27,31H,4,11-12,14-17H2,1-3H3/t22-/m1/s1. The number of fused-ring (bicyclic) bond motifs is 1. The van der Waals surface area contributed by atoms with E-state index in [2.05, 4.69) is 29.2 Å². The Bertz CT molecular complexity index is 1100. The van der Waals surface area contributed by atoms with Gasteiger partial charge in [0.05, 0.1) is 25.0 Å². The van der Waals surface area contributed by atoms with Crippen LogP contribution < -0.4 is 19.5 Å². The van der Waals surface area contributed by atoms with E-state index in [0.29, 0.717) is 62.8 Å². The summed E-state index contributed by atoms with van der Waals surface area (Å²) in [6.45, 7) is 9.04. The van der Waals surface area contributed by atoms with Crippen molar-refractivity contribution in [3.05, 3.63) is 42.5 Å². The average Bonchev–Trinajstić information content (AvgIpc) is 3.52. The third-order valence-electron chi connectivity index (χ3n) is 5.30. The van der Waals surface area contributed by atoms with Crippen LogP contribution in [0, 0.1) is 5.92 Å². The van der Waals surface area contributed by atoms with Crippen molar-refractivity contribution in [2.75, 3.05) is 51.7 Å². The van der Waals surface area contributed by atoms with E-state index in [-0.39, 0.29) is 12.8 Å². The van der Waals surface area contributed by atoms with Gasteiger partial charge in [-0.3, -0.25) is 0 Å². The molecule has 0 amide bonds. The maximum atomic E-state index is 10.1. The van der Waals surface area contributed by atoms with Crippen LogP contribution in [-0.4, -0.2) is 72.3 Å². The van der Waals surface area contributed by atoms with Gasteiger partial charge in [0.1, 0.15) is 6.61 Å². The molecule has 0 radical (unpaired) electrons. The maximum absolute atomic E-state index is 10.1. The van der Waals surface area contributed by atoms with Gasteiger partial charge in [0.25, 0.3) is 0 Å². The molecule has 10 heteroatoms. The predicted molar refractivity (Wildman–Crippen MR) is 135 cm³/mol. The number of anilines is 1. The van der Waals surface area contributed by atoms with Gasteiger partial charge in [-0.2, -0.15) is 4.98 Å². The fraction of sp³-hybridized carbons (Fsp3) is 0.462. The number of ether oxygens (including phenoxy) is 5. The van der Waals surface area contributed by atoms with Gasteiger partial charge in [-0.15, -0.1) is 5.10 Å². The highest BCUT2D eigenvalue weighted by atomic mass is 16.7. The Kier molecular flexibility index (Phi) is 8.99. The zero-order valence-electron chi connectivity index (χ0n) is 21.0. The van der Waals surface area contributed by atoms with E-state index in [1.807, 2.05) is 49.4 Å². The minimum Gasteiger partial charge on any atom is -0.460 e. The number of benzene rings is 2. The number of hydrogen-bond donors (Lipinski definition) is 2. The molecule has 10 nitrogen and oxygen atoms in total. The Balaban J connectivity index is 1.48. The lowest BCUT2D eigenvalue weighted by atomic mass is 10.2. The Morgan fingerprint density at radius 2 is 1.83 bits per heavy atom. The van der Waals surface area contributed by atoms with Crippen LogP contribution in [0.5, 0.6) is 17.5 Å². The third kappa shape index (κ3) is 6.87. The molecular formula is C26H34N4O6. The summed E-state index contributed by atoms with van der Waals surface area (Å²) in [7, 11) is 0. The van der Waals surface area contributed by atoms with Crippen LogP contribution in [0.1, 0.15) is 20.8 Å². The summed E-state index contributed by atoms with van der Waals surface area (Å²) in [5, 5.41) is 18.0. The Hall–Kier alpha value is -3.34. The Labute approximate surface area is 211 Å². The van der Waals surface area contributed by atoms with Crippen molar-refractivity contribution in [2.45, 2.75) is 26.9 Å². The van der Waals surface area contributed by atoms with Gasteiger partial charge in [0.15, 0.2) is 17.3 Å². The number of nitrogens with zero attached hydrogens (tertiary/aromatic N) is 3. The lowest BCUT2D eigenvalue weighted by Crippen LogP contribution is -2.25. The largest absolute Gasteiger partial charge is 0.460 e. The van der Waals surface area contributed by atoms with Crippen molar-refractivity contribution < 1.29 is 28.8 Å². The summed E-state index contributed by atoms with van der Waals surface area (Å²) in [6.07, 6.45) is -0.590. The molecule has 2 aromatic carbocycles. The summed E-state index contributed by atoms with van der Waals surface area (Å²) in [4.78, 5) is 4.62. The van der Waals surface area contributed by atoms with Gasteiger partial charge >= 0.3 is 6.01 Å². The first-order valence-corrected chi connectivity index (χ1v) is 12.2. The van der Waals surface area contributed by atoms with E-state index >= 15 is 0 Å². The molecule has 0 spiro atoms. The number of nitrogens with one attached hydrogen (secondary N) is 1. The quantitative estimate of drug-likeness (QED) is 0.323. The first kappa shape index (κ1) is 25.7. The molecule has 0 fully saturated rings. The van der Waals surface area contributed by atoms with Gasteiger partial charge in [0.2, 0.25) is 6.79 Å². The summed E-state index contributed by atoms with van der Waals surface area (Å²) in [5.74, 6) is 2.41. The molecule has 2 N–H and O–H groups in total. The normalized spacial score (nSPS) is 13.2. The number of hydrogen-bond acceptors (Lipinski definition) is 9. The second kappa shape index (κ2) is 12.6. The molecule has 36 heavy (non-hydrogen) atoms. The highest BCUT2D eigenvalue weighted by molar-refractivity contribution is 5.64. The first-order valence-electron chi connectivity index (χ1n) is 12.2. The summed E-state index contributed by atoms with van der Waals surface area (Å²) in [5.41, 5.74) is 2.50. The van der Waals surface area contributed by atoms with E-state index in [0.717, 1.165) is 16.9 Å². The van der Waals surface area contributed by atoms with Gasteiger partial charge in [-0.05, 0) is 55.3 Å². The van der Waals surface area contributed by atoms with Crippen molar-refractivity contribution in [2.24, 2.45) is 5.92 Å². The molecule has 0 saturated carbocycles. The molecule has 2 heterocycles. The minimum atomic E-state index is -0.590. The second-order valence-corrected chi connectivity index (χ2v) is 8.76. The summed E-state index contributed by atoms with van der Waals surface area (Å²) in [6, 6.07) is 13.6. The average molecular weight is 499 g/mol. The summed E-state index contributed by atoms with van der Waals surface area (Å²) < 4.78 is 29.3. The lowest BCUT2D eigenvalue weighted by Gasteiger charge is -2.14. The van der Waals surface area contributed by atoms with Gasteiger partial charge < -0.3 is 34.1 Å². The highest BCUT2D eigenvalue weighted by Gasteiger charge is 2.19. The van der Waals surface area contributed by atoms with E-state index in [9.17, 15) is 5.11 Å². The van der Waals surface area contributed by atoms with Crippen LogP contribution >= 0.6 is 0 Å². The molecule has 0 unspecified atom stereocenters. The van der Waals surface area contributed by atoms with Crippen molar-refractivity contribution in [3.63, 3.8) is 0 Å². The zero-order valence-corrected chi connectivity index (χ0v) is 21.0. The fourth-order valence-electron chi connectivity index (χ4n) is 3.55. The van der Waals surface area contributed by atoms with Crippen molar-refractivity contribution in [1.82, 2.24) is 14.8 Å². The molecule has 4 rings (SSSR count). The zero-order chi connectivity index (χ0) is 25.3. The van der Waals surface area contributed by atoms with Crippen LogP contribution in [-0.2, 0) is 9.47 Å². The smallest absolute Gasteiger partial charge is 0.336 e. The minimum absolute atomic E-state index is 0.199. The molecule has 0 aliphatic carbocycles. The second-order valence-electron chi connectivity index (χ2n) is 8.76. The van der Waals surface area contributed by atoms with Crippen molar-refractivity contribution in [3.8, 4) is 34.6 Å². The van der Waals surface area contributed by atoms with E-state index < -0.39 is 6.10 Å². The molecule has 1 aliphatic rings. The predicted octanol–water partition coefficient (Wildman–Crippen LogP) is 3.52. The highest BCUT2D eigenvalue weighted by Crippen LogP contribution is 2.36. The van der Waals surface area contributed by atoms with Crippen LogP contribution in [0.2, 0.25) is 0 Å². The maximum Gasteiger partial charge on any atom is 0.336 e. The SMILES string of the molecule is CCOCCOc1nc(-c2ccc3c(c2)OCO3)n(-c2ccc(NC[C@@H](O)COCC(C)C)cc2)n1. The van der Waals surface area contributed by atoms with Crippen LogP contribution in [0.15, 0.2) is 42.5 Å². The molecule has 0 saturated heterocycles. The molecule has 1 atom stereocenters. The Morgan fingerprint density at radius 3 is 2.61 bits per heavy atom. The molecular weight excluding hydrogens is 464 g/mol. The van der Waals surface area contributed by atoms with E-state index in [4.69, 9.17) is 23.7 Å². The number of aliphatic hydroxyl groups excluding tert-OH is 1. The Morgan fingerprint density at radius 1 is 1.03 bits per heavy atom. The monoisotopic (exact) mass is 498 g/mol. The summed E-state index contributed by atoms with van der Waals surface area (Å²) >= 11 is 0. The van der Waals surface area contributed by atoms with E-state index in [1.54, 1.807) is 4.68 Å². The number of aromatic nitrogens is 3. The molecule has 0 bridgehead atoms. The van der Waals surface area contributed by atoms with E-state index in [1.165, 1.54) is 0 Å². The number of aliphatic hydroxyl groups is 1. The van der Waals surface area contributed by atoms with Crippen LogP contribution in [0.25, 0.3) is 17.1 Å². The van der Waals surface area contributed by atoms with Gasteiger partial charge in [-0.25, -0.2) is 4.68 Å². The van der Waals surface area contributed by atoms with Crippen LogP contribution in [0.4, 0.5) is 5.69 Å². The lowest BCUT2D eigenvalue weighted by molar-refractivity contribution is 0.0318. The van der Waals surface area contributed by atoms with Gasteiger partial charge in [0, 0.05) is 31.0 Å². The molecule has 3 aromatic rings. The molecule has 1 aliphatic heterocycles. The van der Waals surface area contributed by atoms with Crippen molar-refractivity contribution in [1.29, 1.82) is 0 Å². The third-order valence-corrected chi connectivity index (χ3v) is 5.30.